The number of benzene rings is 3. The van der Waals surface area contributed by atoms with E-state index in [-0.39, 0.29) is 0 Å². The Kier molecular flexibility index (Phi) is 1.61. The Morgan fingerprint density at radius 1 is 0.882 bits per heavy atom. The van der Waals surface area contributed by atoms with Gasteiger partial charge in [-0.3, -0.25) is 0 Å². The Morgan fingerprint density at radius 3 is 2.59 bits per heavy atom. The third-order valence-corrected chi connectivity index (χ3v) is 3.22. The lowest BCUT2D eigenvalue weighted by atomic mass is 10.1. The van der Waals surface area contributed by atoms with Crippen molar-refractivity contribution in [1.82, 2.24) is 4.98 Å². The quantitative estimate of drug-likeness (QED) is 0.455. The molecule has 0 spiro atoms. The molecule has 4 rings (SSSR count). The largest absolute Gasteiger partial charge is 0.354 e. The van der Waals surface area contributed by atoms with Crippen molar-refractivity contribution in [2.24, 2.45) is 0 Å². The zero-order valence-corrected chi connectivity index (χ0v) is 9.12. The molecular formula is C16H9N. The van der Waals surface area contributed by atoms with E-state index in [4.69, 9.17) is 0 Å². The number of hydrogen-bond donors (Lipinski definition) is 1. The van der Waals surface area contributed by atoms with Gasteiger partial charge in [0.1, 0.15) is 0 Å². The fourth-order valence-corrected chi connectivity index (χ4v) is 2.40. The number of aromatic nitrogens is 1. The van der Waals surface area contributed by atoms with Gasteiger partial charge < -0.3 is 4.98 Å². The molecule has 0 amide bonds. The summed E-state index contributed by atoms with van der Waals surface area (Å²) in [6, 6.07) is 22.9. The lowest BCUT2D eigenvalue weighted by Gasteiger charge is -1.97. The molecule has 1 heteroatoms. The van der Waals surface area contributed by atoms with Crippen molar-refractivity contribution in [1.29, 1.82) is 0 Å². The molecule has 0 saturated heterocycles. The minimum absolute atomic E-state index is 1.12. The molecule has 0 aliphatic carbocycles. The van der Waals surface area contributed by atoms with Gasteiger partial charge in [-0.05, 0) is 35.0 Å². The van der Waals surface area contributed by atoms with Gasteiger partial charge in [0.15, 0.2) is 0 Å². The summed E-state index contributed by atoms with van der Waals surface area (Å²) >= 11 is 0. The molecule has 0 saturated carbocycles. The summed E-state index contributed by atoms with van der Waals surface area (Å²) in [5, 5.41) is 4.86. The van der Waals surface area contributed by atoms with Crippen LogP contribution in [0.15, 0.2) is 48.5 Å². The molecule has 1 heterocycles. The van der Waals surface area contributed by atoms with Crippen LogP contribution in [0.5, 0.6) is 0 Å². The summed E-state index contributed by atoms with van der Waals surface area (Å²) in [6.45, 7) is 0. The summed E-state index contributed by atoms with van der Waals surface area (Å²) in [5.41, 5.74) is 2.28. The molecule has 3 aromatic carbocycles. The van der Waals surface area contributed by atoms with Gasteiger partial charge in [0.05, 0.1) is 0 Å². The molecular weight excluding hydrogens is 206 g/mol. The predicted molar refractivity (Wildman–Crippen MR) is 71.0 cm³/mol. The predicted octanol–water partition coefficient (Wildman–Crippen LogP) is 4.07. The zero-order chi connectivity index (χ0) is 11.2. The highest BCUT2D eigenvalue weighted by Crippen LogP contribution is 2.28. The van der Waals surface area contributed by atoms with Gasteiger partial charge in [0.25, 0.3) is 0 Å². The van der Waals surface area contributed by atoms with Gasteiger partial charge in [-0.2, -0.15) is 0 Å². The second-order valence-electron chi connectivity index (χ2n) is 4.26. The first-order valence-electron chi connectivity index (χ1n) is 5.64. The summed E-state index contributed by atoms with van der Waals surface area (Å²) in [6.07, 6.45) is 0. The molecule has 0 aliphatic heterocycles. The lowest BCUT2D eigenvalue weighted by Crippen LogP contribution is -1.72. The second-order valence-corrected chi connectivity index (χ2v) is 4.26. The Balaban J connectivity index is 2.28. The molecule has 0 unspecified atom stereocenters. The van der Waals surface area contributed by atoms with Crippen molar-refractivity contribution in [3.8, 4) is 0 Å². The van der Waals surface area contributed by atoms with Crippen molar-refractivity contribution in [3.05, 3.63) is 60.7 Å². The molecule has 0 atom stereocenters. The van der Waals surface area contributed by atoms with Crippen LogP contribution in [0.4, 0.5) is 0 Å². The number of hydrogen-bond acceptors (Lipinski definition) is 0. The lowest BCUT2D eigenvalue weighted by molar-refractivity contribution is 1.55. The van der Waals surface area contributed by atoms with E-state index in [1.54, 1.807) is 0 Å². The van der Waals surface area contributed by atoms with Crippen molar-refractivity contribution in [3.63, 3.8) is 0 Å². The van der Waals surface area contributed by atoms with Gasteiger partial charge in [0.2, 0.25) is 0 Å². The Labute approximate surface area is 98.7 Å². The van der Waals surface area contributed by atoms with Gasteiger partial charge in [0, 0.05) is 27.9 Å². The van der Waals surface area contributed by atoms with E-state index in [1.165, 1.54) is 16.2 Å². The topological polar surface area (TPSA) is 15.8 Å². The van der Waals surface area contributed by atoms with Gasteiger partial charge in [-0.25, -0.2) is 0 Å². The van der Waals surface area contributed by atoms with Crippen LogP contribution in [-0.4, -0.2) is 4.98 Å². The van der Waals surface area contributed by atoms with Gasteiger partial charge >= 0.3 is 0 Å². The van der Waals surface area contributed by atoms with Crippen LogP contribution in [0.2, 0.25) is 0 Å². The molecule has 0 bridgehead atoms. The van der Waals surface area contributed by atoms with E-state index in [0.29, 0.717) is 0 Å². The van der Waals surface area contributed by atoms with E-state index < -0.39 is 0 Å². The highest BCUT2D eigenvalue weighted by atomic mass is 14.7. The number of aromatic amines is 1. The van der Waals surface area contributed by atoms with Crippen molar-refractivity contribution in [2.75, 3.05) is 0 Å². The first-order chi connectivity index (χ1) is 8.42. The van der Waals surface area contributed by atoms with Gasteiger partial charge in [-0.1, -0.05) is 30.3 Å². The number of nitrogens with one attached hydrogen (secondary N) is 1. The molecule has 4 aromatic rings. The van der Waals surface area contributed by atoms with E-state index >= 15 is 0 Å². The van der Waals surface area contributed by atoms with E-state index in [9.17, 15) is 0 Å². The van der Waals surface area contributed by atoms with Crippen LogP contribution < -0.4 is 0 Å². The standard InChI is InChI=1S/C16H9N/c1-2-6-12-10-16-14(9-11(12)5-1)13-7-3-4-8-15(13)17-16/h1-2,4-6,8-10,17H. The number of H-pyrrole nitrogens is 1. The monoisotopic (exact) mass is 215 g/mol. The van der Waals surface area contributed by atoms with Crippen LogP contribution in [0, 0.1) is 12.1 Å². The normalized spacial score (nSPS) is 11.5. The molecule has 17 heavy (non-hydrogen) atoms. The summed E-state index contributed by atoms with van der Waals surface area (Å²) in [5.74, 6) is 0. The number of rotatable bonds is 0. The van der Waals surface area contributed by atoms with Crippen LogP contribution >= 0.6 is 0 Å². The maximum atomic E-state index is 3.42. The molecule has 78 valence electrons. The Hall–Kier alpha value is -2.28. The molecule has 1 nitrogen and oxygen atoms in total. The summed E-state index contributed by atoms with van der Waals surface area (Å²) in [7, 11) is 0. The first kappa shape index (κ1) is 8.82. The maximum Gasteiger partial charge on any atom is 0.0471 e. The van der Waals surface area contributed by atoms with E-state index in [2.05, 4.69) is 53.5 Å². The highest BCUT2D eigenvalue weighted by Gasteiger charge is 2.04. The van der Waals surface area contributed by atoms with E-state index in [0.717, 1.165) is 16.4 Å². The summed E-state index contributed by atoms with van der Waals surface area (Å²) in [4.78, 5) is 3.42. The molecule has 0 fully saturated rings. The number of fused-ring (bicyclic) bond motifs is 4. The SMILES string of the molecule is [c]1[c]c2c(cc1)[nH]c1cc3ccccc3cc12. The second kappa shape index (κ2) is 3.11. The van der Waals surface area contributed by atoms with Gasteiger partial charge in [-0.15, -0.1) is 0 Å². The smallest absolute Gasteiger partial charge is 0.0471 e. The fraction of sp³-hybridized carbons (Fsp3) is 0. The van der Waals surface area contributed by atoms with Crippen LogP contribution in [0.3, 0.4) is 0 Å². The zero-order valence-electron chi connectivity index (χ0n) is 9.12. The maximum absolute atomic E-state index is 3.42. The van der Waals surface area contributed by atoms with Crippen molar-refractivity contribution < 1.29 is 0 Å². The highest BCUT2D eigenvalue weighted by molar-refractivity contribution is 6.11. The van der Waals surface area contributed by atoms with Crippen LogP contribution in [-0.2, 0) is 0 Å². The average Bonchev–Trinajstić information content (AvgIpc) is 2.73. The van der Waals surface area contributed by atoms with Crippen molar-refractivity contribution >= 4 is 32.6 Å². The van der Waals surface area contributed by atoms with Crippen molar-refractivity contribution in [2.45, 2.75) is 0 Å². The third kappa shape index (κ3) is 1.19. The summed E-state index contributed by atoms with van der Waals surface area (Å²) < 4.78 is 0. The molecule has 1 N–H and O–H groups in total. The molecule has 0 aliphatic rings. The van der Waals surface area contributed by atoms with Crippen LogP contribution in [0.25, 0.3) is 32.6 Å². The fourth-order valence-electron chi connectivity index (χ4n) is 2.40. The first-order valence-corrected chi connectivity index (χ1v) is 5.64. The molecule has 1 aromatic heterocycles. The molecule has 2 radical (unpaired) electrons. The third-order valence-electron chi connectivity index (χ3n) is 3.22. The Morgan fingerprint density at radius 2 is 1.71 bits per heavy atom. The van der Waals surface area contributed by atoms with Crippen LogP contribution in [0.1, 0.15) is 0 Å². The minimum Gasteiger partial charge on any atom is -0.354 e. The average molecular weight is 215 g/mol. The minimum atomic E-state index is 1.12. The van der Waals surface area contributed by atoms with E-state index in [1.807, 2.05) is 12.1 Å². The Bertz CT molecular complexity index is 834.